The van der Waals surface area contributed by atoms with E-state index in [1.54, 1.807) is 48.5 Å². The number of halogens is 1. The summed E-state index contributed by atoms with van der Waals surface area (Å²) in [6.45, 7) is 0.527. The maximum absolute atomic E-state index is 11.9. The summed E-state index contributed by atoms with van der Waals surface area (Å²) in [4.78, 5) is 23.6. The molecule has 0 bridgehead atoms. The zero-order chi connectivity index (χ0) is 17.4. The summed E-state index contributed by atoms with van der Waals surface area (Å²) in [6.07, 6.45) is 0.137. The maximum Gasteiger partial charge on any atom is 0.338 e. The lowest BCUT2D eigenvalue weighted by Gasteiger charge is -2.06. The fourth-order valence-electron chi connectivity index (χ4n) is 1.90. The van der Waals surface area contributed by atoms with Crippen LogP contribution < -0.4 is 4.74 Å². The van der Waals surface area contributed by atoms with Gasteiger partial charge in [0.1, 0.15) is 12.4 Å². The molecule has 0 amide bonds. The molecule has 0 aromatic heterocycles. The fraction of sp³-hybridized carbons (Fsp3) is 0.222. The Hall–Kier alpha value is -2.37. The van der Waals surface area contributed by atoms with E-state index in [0.29, 0.717) is 22.9 Å². The van der Waals surface area contributed by atoms with E-state index in [4.69, 9.17) is 25.8 Å². The molecule has 0 saturated carbocycles. The SMILES string of the molecule is COCCOC(=O)c1ccc(OC(=O)Cc2ccc(Cl)cc2)cc1. The minimum atomic E-state index is -0.453. The molecule has 0 fully saturated rings. The van der Waals surface area contributed by atoms with Gasteiger partial charge in [0.05, 0.1) is 18.6 Å². The topological polar surface area (TPSA) is 61.8 Å². The molecule has 0 spiro atoms. The van der Waals surface area contributed by atoms with E-state index in [1.165, 1.54) is 7.11 Å². The van der Waals surface area contributed by atoms with Crippen molar-refractivity contribution in [1.29, 1.82) is 0 Å². The Morgan fingerprint density at radius 1 is 0.958 bits per heavy atom. The van der Waals surface area contributed by atoms with Crippen molar-refractivity contribution in [3.8, 4) is 5.75 Å². The zero-order valence-electron chi connectivity index (χ0n) is 13.2. The van der Waals surface area contributed by atoms with Crippen molar-refractivity contribution in [3.05, 3.63) is 64.7 Å². The Labute approximate surface area is 145 Å². The van der Waals surface area contributed by atoms with E-state index >= 15 is 0 Å². The van der Waals surface area contributed by atoms with E-state index in [0.717, 1.165) is 5.56 Å². The first-order valence-electron chi connectivity index (χ1n) is 7.30. The molecule has 5 nitrogen and oxygen atoms in total. The number of carbonyl (C=O) groups is 2. The number of esters is 2. The van der Waals surface area contributed by atoms with Gasteiger partial charge in [-0.25, -0.2) is 4.79 Å². The summed E-state index contributed by atoms with van der Waals surface area (Å²) in [5.41, 5.74) is 1.19. The van der Waals surface area contributed by atoms with E-state index < -0.39 is 11.9 Å². The van der Waals surface area contributed by atoms with Crippen LogP contribution in [0.1, 0.15) is 15.9 Å². The molecule has 0 aliphatic rings. The van der Waals surface area contributed by atoms with Crippen molar-refractivity contribution in [1.82, 2.24) is 0 Å². The van der Waals surface area contributed by atoms with Crippen molar-refractivity contribution in [2.24, 2.45) is 0 Å². The lowest BCUT2D eigenvalue weighted by Crippen LogP contribution is -2.12. The molecule has 6 heteroatoms. The van der Waals surface area contributed by atoms with Gasteiger partial charge < -0.3 is 14.2 Å². The molecule has 0 atom stereocenters. The Morgan fingerprint density at radius 2 is 1.62 bits per heavy atom. The maximum atomic E-state index is 11.9. The summed E-state index contributed by atoms with van der Waals surface area (Å²) in [5, 5.41) is 0.611. The van der Waals surface area contributed by atoms with Gasteiger partial charge in [0.15, 0.2) is 0 Å². The molecule has 0 aliphatic carbocycles. The molecular formula is C18H17ClO5. The highest BCUT2D eigenvalue weighted by molar-refractivity contribution is 6.30. The number of methoxy groups -OCH3 is 1. The minimum Gasteiger partial charge on any atom is -0.460 e. The lowest BCUT2D eigenvalue weighted by atomic mass is 10.1. The summed E-state index contributed by atoms with van der Waals surface area (Å²) in [7, 11) is 1.53. The second-order valence-corrected chi connectivity index (χ2v) is 5.37. The third-order valence-electron chi connectivity index (χ3n) is 3.10. The first-order chi connectivity index (χ1) is 11.6. The van der Waals surface area contributed by atoms with Crippen molar-refractivity contribution in [2.45, 2.75) is 6.42 Å². The average Bonchev–Trinajstić information content (AvgIpc) is 2.58. The zero-order valence-corrected chi connectivity index (χ0v) is 13.9. The molecule has 2 aromatic rings. The lowest BCUT2D eigenvalue weighted by molar-refractivity contribution is -0.133. The van der Waals surface area contributed by atoms with Gasteiger partial charge in [-0.15, -0.1) is 0 Å². The summed E-state index contributed by atoms with van der Waals surface area (Å²) in [6, 6.07) is 13.1. The molecule has 0 radical (unpaired) electrons. The minimum absolute atomic E-state index is 0.137. The Morgan fingerprint density at radius 3 is 2.25 bits per heavy atom. The third kappa shape index (κ3) is 5.68. The van der Waals surface area contributed by atoms with Gasteiger partial charge in [0.2, 0.25) is 0 Å². The Balaban J connectivity index is 1.87. The smallest absolute Gasteiger partial charge is 0.338 e. The largest absolute Gasteiger partial charge is 0.460 e. The predicted octanol–water partition coefficient (Wildman–Crippen LogP) is 3.29. The Bertz CT molecular complexity index is 680. The molecule has 24 heavy (non-hydrogen) atoms. The molecule has 2 rings (SSSR count). The van der Waals surface area contributed by atoms with Crippen LogP contribution in [0.5, 0.6) is 5.75 Å². The second kappa shape index (κ2) is 9.05. The molecule has 126 valence electrons. The third-order valence-corrected chi connectivity index (χ3v) is 3.36. The van der Waals surface area contributed by atoms with Gasteiger partial charge in [0.25, 0.3) is 0 Å². The number of carbonyl (C=O) groups excluding carboxylic acids is 2. The highest BCUT2D eigenvalue weighted by Gasteiger charge is 2.10. The van der Waals surface area contributed by atoms with Gasteiger partial charge in [-0.05, 0) is 42.0 Å². The number of hydrogen-bond acceptors (Lipinski definition) is 5. The fourth-order valence-corrected chi connectivity index (χ4v) is 2.02. The monoisotopic (exact) mass is 348 g/mol. The normalized spacial score (nSPS) is 10.2. The van der Waals surface area contributed by atoms with Crippen LogP contribution in [-0.4, -0.2) is 32.3 Å². The van der Waals surface area contributed by atoms with Gasteiger partial charge in [0, 0.05) is 12.1 Å². The quantitative estimate of drug-likeness (QED) is 0.436. The predicted molar refractivity (Wildman–Crippen MR) is 89.4 cm³/mol. The van der Waals surface area contributed by atoms with Crippen LogP contribution >= 0.6 is 11.6 Å². The van der Waals surface area contributed by atoms with E-state index in [1.807, 2.05) is 0 Å². The van der Waals surface area contributed by atoms with Gasteiger partial charge >= 0.3 is 11.9 Å². The first-order valence-corrected chi connectivity index (χ1v) is 7.67. The van der Waals surface area contributed by atoms with Crippen molar-refractivity contribution in [3.63, 3.8) is 0 Å². The number of rotatable bonds is 7. The van der Waals surface area contributed by atoms with Crippen LogP contribution in [0.3, 0.4) is 0 Å². The highest BCUT2D eigenvalue weighted by atomic mass is 35.5. The van der Waals surface area contributed by atoms with Crippen molar-refractivity contribution in [2.75, 3.05) is 20.3 Å². The number of benzene rings is 2. The van der Waals surface area contributed by atoms with Crippen LogP contribution in [0.2, 0.25) is 5.02 Å². The van der Waals surface area contributed by atoms with E-state index in [2.05, 4.69) is 0 Å². The number of hydrogen-bond donors (Lipinski definition) is 0. The van der Waals surface area contributed by atoms with E-state index in [-0.39, 0.29) is 13.0 Å². The van der Waals surface area contributed by atoms with Crippen molar-refractivity contribution < 1.29 is 23.8 Å². The molecule has 0 N–H and O–H groups in total. The molecular weight excluding hydrogens is 332 g/mol. The molecule has 0 unspecified atom stereocenters. The average molecular weight is 349 g/mol. The molecule has 0 heterocycles. The summed E-state index contributed by atoms with van der Waals surface area (Å²) < 4.78 is 15.0. The molecule has 0 saturated heterocycles. The highest BCUT2D eigenvalue weighted by Crippen LogP contribution is 2.15. The molecule has 2 aromatic carbocycles. The number of ether oxygens (including phenoxy) is 3. The summed E-state index contributed by atoms with van der Waals surface area (Å²) >= 11 is 5.80. The van der Waals surface area contributed by atoms with Crippen LogP contribution in [-0.2, 0) is 20.7 Å². The van der Waals surface area contributed by atoms with Gasteiger partial charge in [-0.1, -0.05) is 23.7 Å². The van der Waals surface area contributed by atoms with Crippen molar-refractivity contribution >= 4 is 23.5 Å². The van der Waals surface area contributed by atoms with Crippen LogP contribution in [0.4, 0.5) is 0 Å². The van der Waals surface area contributed by atoms with Crippen LogP contribution in [0, 0.1) is 0 Å². The van der Waals surface area contributed by atoms with Crippen LogP contribution in [0.15, 0.2) is 48.5 Å². The summed E-state index contributed by atoms with van der Waals surface area (Å²) in [5.74, 6) is -0.485. The molecule has 0 aliphatic heterocycles. The van der Waals surface area contributed by atoms with Gasteiger partial charge in [-0.3, -0.25) is 4.79 Å². The standard InChI is InChI=1S/C18H17ClO5/c1-22-10-11-23-18(21)14-4-8-16(9-5-14)24-17(20)12-13-2-6-15(19)7-3-13/h2-9H,10-12H2,1H3. The Kier molecular flexibility index (Phi) is 6.78. The first kappa shape index (κ1) is 18.0. The van der Waals surface area contributed by atoms with Crippen LogP contribution in [0.25, 0.3) is 0 Å². The second-order valence-electron chi connectivity index (χ2n) is 4.93. The van der Waals surface area contributed by atoms with E-state index in [9.17, 15) is 9.59 Å². The van der Waals surface area contributed by atoms with Gasteiger partial charge in [-0.2, -0.15) is 0 Å².